The van der Waals surface area contributed by atoms with Gasteiger partial charge >= 0.3 is 0 Å². The molecule has 1 saturated heterocycles. The van der Waals surface area contributed by atoms with Crippen molar-refractivity contribution >= 4 is 0 Å². The van der Waals surface area contributed by atoms with Gasteiger partial charge in [-0.25, -0.2) is 13.2 Å². The van der Waals surface area contributed by atoms with E-state index in [0.717, 1.165) is 24.8 Å². The molecule has 0 radical (unpaired) electrons. The SMILES string of the molecule is C/C=C/C1CCC(c2ccc(-c3ccc(-c4ccc(CCC)c(F)c4F)cc3)c(F)c2)CO1. The van der Waals surface area contributed by atoms with Crippen LogP contribution in [0.15, 0.2) is 66.7 Å². The molecule has 0 spiro atoms. The number of hydrogen-bond donors (Lipinski definition) is 0. The Morgan fingerprint density at radius 2 is 1.58 bits per heavy atom. The first-order valence-electron chi connectivity index (χ1n) is 11.6. The van der Waals surface area contributed by atoms with Crippen LogP contribution in [-0.2, 0) is 11.2 Å². The zero-order valence-corrected chi connectivity index (χ0v) is 19.1. The fourth-order valence-corrected chi connectivity index (χ4v) is 4.52. The summed E-state index contributed by atoms with van der Waals surface area (Å²) in [6, 6.07) is 15.5. The van der Waals surface area contributed by atoms with Gasteiger partial charge in [-0.05, 0) is 54.5 Å². The number of ether oxygens (including phenoxy) is 1. The maximum atomic E-state index is 15.0. The summed E-state index contributed by atoms with van der Waals surface area (Å²) in [5, 5.41) is 0. The number of allylic oxidation sites excluding steroid dienone is 1. The van der Waals surface area contributed by atoms with Gasteiger partial charge in [0.05, 0.1) is 12.7 Å². The van der Waals surface area contributed by atoms with Gasteiger partial charge in [0.15, 0.2) is 11.6 Å². The highest BCUT2D eigenvalue weighted by Gasteiger charge is 2.22. The number of benzene rings is 3. The molecule has 4 rings (SSSR count). The van der Waals surface area contributed by atoms with E-state index in [1.165, 1.54) is 0 Å². The third kappa shape index (κ3) is 5.06. The van der Waals surface area contributed by atoms with E-state index in [9.17, 15) is 13.2 Å². The van der Waals surface area contributed by atoms with Crippen LogP contribution < -0.4 is 0 Å². The lowest BCUT2D eigenvalue weighted by atomic mass is 9.89. The lowest BCUT2D eigenvalue weighted by molar-refractivity contribution is 0.0326. The van der Waals surface area contributed by atoms with Crippen LogP contribution in [0.1, 0.15) is 50.2 Å². The minimum absolute atomic E-state index is 0.148. The second kappa shape index (κ2) is 10.4. The molecule has 0 bridgehead atoms. The van der Waals surface area contributed by atoms with Crippen molar-refractivity contribution in [3.63, 3.8) is 0 Å². The topological polar surface area (TPSA) is 9.23 Å². The standard InChI is InChI=1S/C29H29F3O/c1-3-5-21-12-16-26(29(32)28(21)31)20-9-7-19(8-10-20)25-15-13-22(17-27(25)30)23-11-14-24(6-4-2)33-18-23/h4,6-10,12-13,15-17,23-24H,3,5,11,14,18H2,1-2H3/b6-4+. The molecule has 4 heteroatoms. The molecule has 3 aromatic carbocycles. The number of hydrogen-bond acceptors (Lipinski definition) is 1. The molecule has 1 aliphatic rings. The molecular weight excluding hydrogens is 421 g/mol. The minimum atomic E-state index is -0.837. The van der Waals surface area contributed by atoms with Crippen molar-refractivity contribution in [1.82, 2.24) is 0 Å². The molecule has 2 unspecified atom stereocenters. The predicted molar refractivity (Wildman–Crippen MR) is 128 cm³/mol. The summed E-state index contributed by atoms with van der Waals surface area (Å²) in [7, 11) is 0. The summed E-state index contributed by atoms with van der Waals surface area (Å²) in [6.07, 6.45) is 7.34. The van der Waals surface area contributed by atoms with E-state index in [2.05, 4.69) is 6.08 Å². The van der Waals surface area contributed by atoms with Crippen LogP contribution in [0.2, 0.25) is 0 Å². The normalized spacial score (nSPS) is 18.7. The average Bonchev–Trinajstić information content (AvgIpc) is 2.83. The van der Waals surface area contributed by atoms with E-state index in [1.807, 2.05) is 26.0 Å². The highest BCUT2D eigenvalue weighted by atomic mass is 19.2. The Morgan fingerprint density at radius 3 is 2.18 bits per heavy atom. The van der Waals surface area contributed by atoms with Gasteiger partial charge in [-0.1, -0.05) is 74.0 Å². The van der Waals surface area contributed by atoms with Crippen LogP contribution in [-0.4, -0.2) is 12.7 Å². The smallest absolute Gasteiger partial charge is 0.166 e. The van der Waals surface area contributed by atoms with Crippen molar-refractivity contribution in [3.8, 4) is 22.3 Å². The zero-order chi connectivity index (χ0) is 23.4. The van der Waals surface area contributed by atoms with Gasteiger partial charge in [-0.3, -0.25) is 0 Å². The first-order chi connectivity index (χ1) is 16.0. The van der Waals surface area contributed by atoms with E-state index in [-0.39, 0.29) is 23.4 Å². The largest absolute Gasteiger partial charge is 0.374 e. The molecule has 33 heavy (non-hydrogen) atoms. The summed E-state index contributed by atoms with van der Waals surface area (Å²) in [5.41, 5.74) is 3.28. The molecule has 2 atom stereocenters. The summed E-state index contributed by atoms with van der Waals surface area (Å²) in [5.74, 6) is -1.73. The van der Waals surface area contributed by atoms with Gasteiger partial charge in [0.1, 0.15) is 5.82 Å². The molecule has 3 aromatic rings. The molecule has 1 aliphatic heterocycles. The molecule has 0 saturated carbocycles. The zero-order valence-electron chi connectivity index (χ0n) is 19.1. The molecule has 0 N–H and O–H groups in total. The molecule has 1 heterocycles. The highest BCUT2D eigenvalue weighted by molar-refractivity contribution is 5.71. The summed E-state index contributed by atoms with van der Waals surface area (Å²) < 4.78 is 49.8. The van der Waals surface area contributed by atoms with Crippen LogP contribution in [0.3, 0.4) is 0 Å². The van der Waals surface area contributed by atoms with E-state index in [4.69, 9.17) is 4.74 Å². The molecule has 0 aromatic heterocycles. The van der Waals surface area contributed by atoms with Crippen LogP contribution >= 0.6 is 0 Å². The minimum Gasteiger partial charge on any atom is -0.374 e. The molecule has 172 valence electrons. The summed E-state index contributed by atoms with van der Waals surface area (Å²) in [4.78, 5) is 0. The molecule has 0 aliphatic carbocycles. The quantitative estimate of drug-likeness (QED) is 0.344. The van der Waals surface area contributed by atoms with Gasteiger partial charge in [-0.15, -0.1) is 0 Å². The molecular formula is C29H29F3O. The van der Waals surface area contributed by atoms with Crippen molar-refractivity contribution in [1.29, 1.82) is 0 Å². The maximum Gasteiger partial charge on any atom is 0.166 e. The highest BCUT2D eigenvalue weighted by Crippen LogP contribution is 2.33. The van der Waals surface area contributed by atoms with E-state index in [1.54, 1.807) is 48.5 Å². The lowest BCUT2D eigenvalue weighted by Gasteiger charge is -2.28. The molecule has 1 fully saturated rings. The number of aryl methyl sites for hydroxylation is 1. The Balaban J connectivity index is 1.52. The Kier molecular flexibility index (Phi) is 7.34. The van der Waals surface area contributed by atoms with Crippen molar-refractivity contribution in [2.45, 2.75) is 51.6 Å². The van der Waals surface area contributed by atoms with Crippen molar-refractivity contribution < 1.29 is 17.9 Å². The Morgan fingerprint density at radius 1 is 0.879 bits per heavy atom. The van der Waals surface area contributed by atoms with E-state index < -0.39 is 11.6 Å². The second-order valence-corrected chi connectivity index (χ2v) is 8.64. The fourth-order valence-electron chi connectivity index (χ4n) is 4.52. The summed E-state index contributed by atoms with van der Waals surface area (Å²) >= 11 is 0. The van der Waals surface area contributed by atoms with Crippen molar-refractivity contribution in [3.05, 3.63) is 95.3 Å². The van der Waals surface area contributed by atoms with Gasteiger partial charge in [0, 0.05) is 17.0 Å². The maximum absolute atomic E-state index is 15.0. The number of rotatable bonds is 6. The molecule has 1 nitrogen and oxygen atoms in total. The van der Waals surface area contributed by atoms with Crippen LogP contribution in [0.4, 0.5) is 13.2 Å². The Bertz CT molecular complexity index is 1130. The first-order valence-corrected chi connectivity index (χ1v) is 11.6. The van der Waals surface area contributed by atoms with Crippen LogP contribution in [0, 0.1) is 17.5 Å². The first kappa shape index (κ1) is 23.3. The van der Waals surface area contributed by atoms with E-state index in [0.29, 0.717) is 35.3 Å². The molecule has 0 amide bonds. The average molecular weight is 451 g/mol. The third-order valence-corrected chi connectivity index (χ3v) is 6.37. The van der Waals surface area contributed by atoms with E-state index >= 15 is 0 Å². The lowest BCUT2D eigenvalue weighted by Crippen LogP contribution is -2.23. The second-order valence-electron chi connectivity index (χ2n) is 8.64. The van der Waals surface area contributed by atoms with Crippen molar-refractivity contribution in [2.24, 2.45) is 0 Å². The van der Waals surface area contributed by atoms with Crippen LogP contribution in [0.25, 0.3) is 22.3 Å². The van der Waals surface area contributed by atoms with Gasteiger partial charge in [0.25, 0.3) is 0 Å². The fraction of sp³-hybridized carbons (Fsp3) is 0.310. The Labute approximate surface area is 193 Å². The number of halogens is 3. The van der Waals surface area contributed by atoms with Crippen LogP contribution in [0.5, 0.6) is 0 Å². The van der Waals surface area contributed by atoms with Gasteiger partial charge in [-0.2, -0.15) is 0 Å². The monoisotopic (exact) mass is 450 g/mol. The summed E-state index contributed by atoms with van der Waals surface area (Å²) in [6.45, 7) is 4.49. The van der Waals surface area contributed by atoms with Gasteiger partial charge in [0.2, 0.25) is 0 Å². The Hall–Kier alpha value is -2.85. The third-order valence-electron chi connectivity index (χ3n) is 6.37. The van der Waals surface area contributed by atoms with Crippen molar-refractivity contribution in [2.75, 3.05) is 6.61 Å². The van der Waals surface area contributed by atoms with Gasteiger partial charge < -0.3 is 4.74 Å². The predicted octanol–water partition coefficient (Wildman–Crippen LogP) is 8.23.